The van der Waals surface area contributed by atoms with E-state index < -0.39 is 0 Å². The molecule has 0 aliphatic carbocycles. The van der Waals surface area contributed by atoms with Crippen LogP contribution in [0, 0.1) is 0 Å². The first-order valence-corrected chi connectivity index (χ1v) is 9.26. The molecule has 1 amide bonds. The van der Waals surface area contributed by atoms with Crippen molar-refractivity contribution in [2.45, 2.75) is 19.5 Å². The van der Waals surface area contributed by atoms with Crippen LogP contribution in [0.15, 0.2) is 18.2 Å². The number of piperazine rings is 1. The van der Waals surface area contributed by atoms with E-state index in [0.717, 1.165) is 26.2 Å². The lowest BCUT2D eigenvalue weighted by Gasteiger charge is -2.31. The first kappa shape index (κ1) is 18.9. The lowest BCUT2D eigenvalue weighted by Crippen LogP contribution is -2.48. The van der Waals surface area contributed by atoms with Crippen molar-refractivity contribution in [1.29, 1.82) is 0 Å². The number of amides is 1. The van der Waals surface area contributed by atoms with Crippen molar-refractivity contribution in [1.82, 2.24) is 15.1 Å². The highest BCUT2D eigenvalue weighted by Crippen LogP contribution is 2.28. The van der Waals surface area contributed by atoms with Gasteiger partial charge in [-0.1, -0.05) is 6.07 Å². The van der Waals surface area contributed by atoms with Crippen molar-refractivity contribution in [3.05, 3.63) is 23.8 Å². The molecule has 0 radical (unpaired) electrons. The van der Waals surface area contributed by atoms with Gasteiger partial charge in [0.15, 0.2) is 18.1 Å². The van der Waals surface area contributed by atoms with Crippen LogP contribution < -0.4 is 14.8 Å². The smallest absolute Gasteiger partial charge is 0.260 e. The van der Waals surface area contributed by atoms with Gasteiger partial charge in [0.05, 0.1) is 20.3 Å². The van der Waals surface area contributed by atoms with Crippen LogP contribution in [0.1, 0.15) is 12.5 Å². The van der Waals surface area contributed by atoms with E-state index in [0.29, 0.717) is 43.8 Å². The van der Waals surface area contributed by atoms with Gasteiger partial charge in [0.25, 0.3) is 5.91 Å². The fourth-order valence-corrected chi connectivity index (χ4v) is 3.39. The number of hydrogen-bond acceptors (Lipinski definition) is 6. The third kappa shape index (κ3) is 5.09. The quantitative estimate of drug-likeness (QED) is 0.804. The molecule has 2 heterocycles. The summed E-state index contributed by atoms with van der Waals surface area (Å²) in [7, 11) is 1.63. The van der Waals surface area contributed by atoms with Gasteiger partial charge in [-0.05, 0) is 24.6 Å². The summed E-state index contributed by atoms with van der Waals surface area (Å²) in [6.07, 6.45) is 0. The molecule has 2 saturated heterocycles. The van der Waals surface area contributed by atoms with Gasteiger partial charge in [0, 0.05) is 45.3 Å². The fourth-order valence-electron chi connectivity index (χ4n) is 3.39. The molecular formula is C19H29N3O4. The Morgan fingerprint density at radius 3 is 2.81 bits per heavy atom. The Bertz CT molecular complexity index is 604. The summed E-state index contributed by atoms with van der Waals surface area (Å²) >= 11 is 0. The van der Waals surface area contributed by atoms with Gasteiger partial charge in [0.2, 0.25) is 0 Å². The molecule has 7 nitrogen and oxygen atoms in total. The fraction of sp³-hybridized carbons (Fsp3) is 0.632. The Balaban J connectivity index is 1.56. The van der Waals surface area contributed by atoms with Crippen LogP contribution >= 0.6 is 0 Å². The number of methoxy groups -OCH3 is 1. The molecule has 1 aromatic rings. The highest BCUT2D eigenvalue weighted by molar-refractivity contribution is 5.78. The summed E-state index contributed by atoms with van der Waals surface area (Å²) in [6, 6.07) is 6.46. The molecule has 0 spiro atoms. The zero-order valence-corrected chi connectivity index (χ0v) is 15.7. The van der Waals surface area contributed by atoms with E-state index in [9.17, 15) is 4.79 Å². The summed E-state index contributed by atoms with van der Waals surface area (Å²) < 4.78 is 16.5. The molecule has 2 aliphatic heterocycles. The minimum atomic E-state index is -0.0192. The average Bonchev–Trinajstić information content (AvgIpc) is 2.67. The number of carbonyl (C=O) groups is 1. The summed E-state index contributed by atoms with van der Waals surface area (Å²) in [5.41, 5.74) is 1.18. The van der Waals surface area contributed by atoms with Gasteiger partial charge in [-0.3, -0.25) is 9.69 Å². The molecule has 0 unspecified atom stereocenters. The van der Waals surface area contributed by atoms with Crippen molar-refractivity contribution in [3.8, 4) is 11.5 Å². The molecule has 0 aromatic heterocycles. The summed E-state index contributed by atoms with van der Waals surface area (Å²) in [5, 5.41) is 3.45. The SMILES string of the molecule is COc1cc(CN2CCN[C@@H](C)C2)ccc1OCC(=O)N1CCOCC1. The largest absolute Gasteiger partial charge is 0.493 e. The molecule has 2 aliphatic rings. The average molecular weight is 363 g/mol. The van der Waals surface area contributed by atoms with Crippen LogP contribution in [0.2, 0.25) is 0 Å². The Hall–Kier alpha value is -1.83. The van der Waals surface area contributed by atoms with Gasteiger partial charge < -0.3 is 24.4 Å². The number of carbonyl (C=O) groups excluding carboxylic acids is 1. The molecule has 26 heavy (non-hydrogen) atoms. The van der Waals surface area contributed by atoms with Crippen LogP contribution in [0.4, 0.5) is 0 Å². The number of nitrogens with one attached hydrogen (secondary N) is 1. The van der Waals surface area contributed by atoms with E-state index in [2.05, 4.69) is 17.1 Å². The van der Waals surface area contributed by atoms with Gasteiger partial charge >= 0.3 is 0 Å². The second kappa shape index (κ2) is 9.21. The Kier molecular flexibility index (Phi) is 6.71. The summed E-state index contributed by atoms with van der Waals surface area (Å²) in [6.45, 7) is 8.64. The van der Waals surface area contributed by atoms with E-state index in [4.69, 9.17) is 14.2 Å². The number of ether oxygens (including phenoxy) is 3. The van der Waals surface area contributed by atoms with Crippen LogP contribution in [0.5, 0.6) is 11.5 Å². The molecule has 1 aromatic carbocycles. The van der Waals surface area contributed by atoms with E-state index >= 15 is 0 Å². The van der Waals surface area contributed by atoms with Crippen molar-refractivity contribution in [2.24, 2.45) is 0 Å². The van der Waals surface area contributed by atoms with Crippen LogP contribution in [-0.2, 0) is 16.1 Å². The maximum atomic E-state index is 12.2. The molecule has 1 N–H and O–H groups in total. The Morgan fingerprint density at radius 1 is 1.27 bits per heavy atom. The molecule has 7 heteroatoms. The zero-order valence-electron chi connectivity index (χ0n) is 15.7. The standard InChI is InChI=1S/C19H29N3O4/c1-15-12-21(6-5-20-15)13-16-3-4-17(18(11-16)24-2)26-14-19(23)22-7-9-25-10-8-22/h3-4,11,15,20H,5-10,12-14H2,1-2H3/t15-/m0/s1. The monoisotopic (exact) mass is 363 g/mol. The maximum Gasteiger partial charge on any atom is 0.260 e. The zero-order chi connectivity index (χ0) is 18.4. The first-order chi connectivity index (χ1) is 12.7. The first-order valence-electron chi connectivity index (χ1n) is 9.26. The lowest BCUT2D eigenvalue weighted by molar-refractivity contribution is -0.137. The normalized spacial score (nSPS) is 21.5. The maximum absolute atomic E-state index is 12.2. The van der Waals surface area contributed by atoms with Crippen LogP contribution in [0.3, 0.4) is 0 Å². The summed E-state index contributed by atoms with van der Waals surface area (Å²) in [5.74, 6) is 1.25. The van der Waals surface area contributed by atoms with Gasteiger partial charge in [0.1, 0.15) is 0 Å². The predicted molar refractivity (Wildman–Crippen MR) is 98.6 cm³/mol. The molecule has 0 saturated carbocycles. The number of morpholine rings is 1. The third-order valence-corrected chi connectivity index (χ3v) is 4.80. The molecule has 0 bridgehead atoms. The van der Waals surface area contributed by atoms with Gasteiger partial charge in [-0.2, -0.15) is 0 Å². The predicted octanol–water partition coefficient (Wildman–Crippen LogP) is 0.727. The molecule has 1 atom stereocenters. The molecular weight excluding hydrogens is 334 g/mol. The van der Waals surface area contributed by atoms with Crippen molar-refractivity contribution in [3.63, 3.8) is 0 Å². The molecule has 3 rings (SSSR count). The highest BCUT2D eigenvalue weighted by atomic mass is 16.5. The van der Waals surface area contributed by atoms with E-state index in [1.54, 1.807) is 12.0 Å². The van der Waals surface area contributed by atoms with E-state index in [1.165, 1.54) is 5.56 Å². The second-order valence-corrected chi connectivity index (χ2v) is 6.86. The minimum Gasteiger partial charge on any atom is -0.493 e. The topological polar surface area (TPSA) is 63.3 Å². The van der Waals surface area contributed by atoms with Crippen molar-refractivity contribution >= 4 is 5.91 Å². The highest BCUT2D eigenvalue weighted by Gasteiger charge is 2.19. The molecule has 2 fully saturated rings. The molecule has 144 valence electrons. The lowest BCUT2D eigenvalue weighted by atomic mass is 10.1. The number of benzene rings is 1. The second-order valence-electron chi connectivity index (χ2n) is 6.86. The Labute approximate surface area is 155 Å². The third-order valence-electron chi connectivity index (χ3n) is 4.80. The van der Waals surface area contributed by atoms with Crippen LogP contribution in [-0.4, -0.2) is 81.4 Å². The van der Waals surface area contributed by atoms with E-state index in [1.807, 2.05) is 18.2 Å². The van der Waals surface area contributed by atoms with E-state index in [-0.39, 0.29) is 12.5 Å². The number of nitrogens with zero attached hydrogens (tertiary/aromatic N) is 2. The van der Waals surface area contributed by atoms with Crippen molar-refractivity contribution in [2.75, 3.05) is 59.7 Å². The van der Waals surface area contributed by atoms with Crippen molar-refractivity contribution < 1.29 is 19.0 Å². The van der Waals surface area contributed by atoms with Crippen LogP contribution in [0.25, 0.3) is 0 Å². The minimum absolute atomic E-state index is 0.0189. The number of hydrogen-bond donors (Lipinski definition) is 1. The Morgan fingerprint density at radius 2 is 2.08 bits per heavy atom. The summed E-state index contributed by atoms with van der Waals surface area (Å²) in [4.78, 5) is 16.4. The number of rotatable bonds is 6. The van der Waals surface area contributed by atoms with Gasteiger partial charge in [-0.25, -0.2) is 0 Å². The van der Waals surface area contributed by atoms with Gasteiger partial charge in [-0.15, -0.1) is 0 Å².